The van der Waals surface area contributed by atoms with Crippen LogP contribution in [0.5, 0.6) is 0 Å². The highest BCUT2D eigenvalue weighted by atomic mass is 16.1. The van der Waals surface area contributed by atoms with Gasteiger partial charge in [0.1, 0.15) is 0 Å². The van der Waals surface area contributed by atoms with Crippen molar-refractivity contribution >= 4 is 5.78 Å². The van der Waals surface area contributed by atoms with E-state index < -0.39 is 0 Å². The number of hydrogen-bond acceptors (Lipinski definition) is 2. The molecular weight excluding hydrogens is 186 g/mol. The first-order valence-corrected chi connectivity index (χ1v) is 5.05. The Morgan fingerprint density at radius 2 is 2.07 bits per heavy atom. The van der Waals surface area contributed by atoms with Gasteiger partial charge in [0.25, 0.3) is 0 Å². The molecule has 1 aromatic carbocycles. The molecule has 2 nitrogen and oxygen atoms in total. The molecule has 2 N–H and O–H groups in total. The lowest BCUT2D eigenvalue weighted by molar-refractivity contribution is -0.117. The fraction of sp³-hybridized carbons (Fsp3) is 0.308. The van der Waals surface area contributed by atoms with E-state index in [1.54, 1.807) is 0 Å². The average Bonchev–Trinajstić information content (AvgIpc) is 2.27. The van der Waals surface area contributed by atoms with Crippen LogP contribution in [0.1, 0.15) is 18.9 Å². The second-order valence-corrected chi connectivity index (χ2v) is 3.46. The Balaban J connectivity index is 2.62. The summed E-state index contributed by atoms with van der Waals surface area (Å²) in [5, 5.41) is 0. The summed E-state index contributed by atoms with van der Waals surface area (Å²) in [6.45, 7) is 2.38. The molecular formula is C13H15NO. The molecule has 0 saturated heterocycles. The number of Topliss-reactive ketones (excluding diaryl/α,β-unsaturated/α-hetero) is 1. The Kier molecular flexibility index (Phi) is 4.59. The van der Waals surface area contributed by atoms with Crippen molar-refractivity contribution in [1.82, 2.24) is 0 Å². The molecule has 78 valence electrons. The molecule has 1 unspecified atom stereocenters. The summed E-state index contributed by atoms with van der Waals surface area (Å²) in [6, 6.07) is 9.49. The van der Waals surface area contributed by atoms with Crippen LogP contribution in [0.3, 0.4) is 0 Å². The fourth-order valence-electron chi connectivity index (χ4n) is 1.16. The molecule has 0 heterocycles. The highest BCUT2D eigenvalue weighted by Crippen LogP contribution is 2.01. The first kappa shape index (κ1) is 11.5. The molecule has 0 aromatic heterocycles. The van der Waals surface area contributed by atoms with Crippen molar-refractivity contribution in [2.75, 3.05) is 6.54 Å². The predicted octanol–water partition coefficient (Wildman–Crippen LogP) is 1.59. The van der Waals surface area contributed by atoms with Gasteiger partial charge in [-0.15, -0.1) is 0 Å². The summed E-state index contributed by atoms with van der Waals surface area (Å²) in [6.07, 6.45) is 0.697. The van der Waals surface area contributed by atoms with Crippen LogP contribution in [-0.2, 0) is 4.79 Å². The van der Waals surface area contributed by atoms with Gasteiger partial charge >= 0.3 is 0 Å². The van der Waals surface area contributed by atoms with Gasteiger partial charge in [0.2, 0.25) is 5.78 Å². The normalized spacial score (nSPS) is 11.3. The molecule has 1 aromatic rings. The fourth-order valence-corrected chi connectivity index (χ4v) is 1.16. The van der Waals surface area contributed by atoms with Crippen LogP contribution in [0.25, 0.3) is 0 Å². The minimum absolute atomic E-state index is 0.0377. The van der Waals surface area contributed by atoms with E-state index in [0.29, 0.717) is 13.0 Å². The summed E-state index contributed by atoms with van der Waals surface area (Å²) in [5.74, 6) is 5.38. The van der Waals surface area contributed by atoms with E-state index in [0.717, 1.165) is 5.56 Å². The number of nitrogens with two attached hydrogens (primary N) is 1. The largest absolute Gasteiger partial charge is 0.330 e. The average molecular weight is 201 g/mol. The standard InChI is InChI=1S/C13H15NO/c1-11(9-10-14)13(15)8-7-12-5-3-2-4-6-12/h2-6,11H,9-10,14H2,1H3. The molecule has 0 spiro atoms. The lowest BCUT2D eigenvalue weighted by Gasteiger charge is -2.01. The van der Waals surface area contributed by atoms with Crippen molar-refractivity contribution in [1.29, 1.82) is 0 Å². The molecule has 0 radical (unpaired) electrons. The highest BCUT2D eigenvalue weighted by Gasteiger charge is 2.08. The van der Waals surface area contributed by atoms with Crippen LogP contribution in [0.15, 0.2) is 30.3 Å². The van der Waals surface area contributed by atoms with Gasteiger partial charge in [0.05, 0.1) is 0 Å². The Bertz CT molecular complexity index is 373. The highest BCUT2D eigenvalue weighted by molar-refractivity contribution is 5.97. The topological polar surface area (TPSA) is 43.1 Å². The Morgan fingerprint density at radius 3 is 2.67 bits per heavy atom. The van der Waals surface area contributed by atoms with Crippen molar-refractivity contribution < 1.29 is 4.79 Å². The Morgan fingerprint density at radius 1 is 1.40 bits per heavy atom. The Labute approximate surface area is 90.5 Å². The maximum atomic E-state index is 11.5. The van der Waals surface area contributed by atoms with Crippen LogP contribution in [0.4, 0.5) is 0 Å². The zero-order valence-electron chi connectivity index (χ0n) is 8.86. The van der Waals surface area contributed by atoms with Gasteiger partial charge in [-0.25, -0.2) is 0 Å². The van der Waals surface area contributed by atoms with E-state index in [1.165, 1.54) is 0 Å². The van der Waals surface area contributed by atoms with Crippen molar-refractivity contribution in [2.45, 2.75) is 13.3 Å². The van der Waals surface area contributed by atoms with E-state index >= 15 is 0 Å². The van der Waals surface area contributed by atoms with Gasteiger partial charge in [-0.1, -0.05) is 31.0 Å². The van der Waals surface area contributed by atoms with E-state index in [1.807, 2.05) is 37.3 Å². The molecule has 0 aliphatic rings. The molecule has 0 saturated carbocycles. The third-order valence-corrected chi connectivity index (χ3v) is 2.15. The van der Waals surface area contributed by atoms with Gasteiger partial charge in [-0.3, -0.25) is 4.79 Å². The second-order valence-electron chi connectivity index (χ2n) is 3.46. The van der Waals surface area contributed by atoms with Gasteiger partial charge in [-0.2, -0.15) is 0 Å². The second kappa shape index (κ2) is 6.00. The van der Waals surface area contributed by atoms with E-state index in [9.17, 15) is 4.79 Å². The molecule has 0 amide bonds. The molecule has 0 aliphatic heterocycles. The zero-order valence-corrected chi connectivity index (χ0v) is 8.86. The number of carbonyl (C=O) groups is 1. The minimum Gasteiger partial charge on any atom is -0.330 e. The first-order chi connectivity index (χ1) is 7.24. The van der Waals surface area contributed by atoms with Crippen LogP contribution < -0.4 is 5.73 Å². The number of ketones is 1. The number of carbonyl (C=O) groups excluding carboxylic acids is 1. The molecule has 15 heavy (non-hydrogen) atoms. The van der Waals surface area contributed by atoms with Crippen molar-refractivity contribution in [2.24, 2.45) is 11.7 Å². The number of benzene rings is 1. The monoisotopic (exact) mass is 201 g/mol. The Hall–Kier alpha value is -1.59. The molecule has 2 heteroatoms. The van der Waals surface area contributed by atoms with Crippen LogP contribution in [-0.4, -0.2) is 12.3 Å². The van der Waals surface area contributed by atoms with Gasteiger partial charge in [0.15, 0.2) is 0 Å². The molecule has 1 rings (SSSR count). The quantitative estimate of drug-likeness (QED) is 0.755. The maximum absolute atomic E-state index is 11.5. The smallest absolute Gasteiger partial charge is 0.208 e. The molecule has 1 atom stereocenters. The SMILES string of the molecule is CC(CCN)C(=O)C#Cc1ccccc1. The number of rotatable bonds is 3. The van der Waals surface area contributed by atoms with Crippen molar-refractivity contribution in [3.8, 4) is 11.8 Å². The summed E-state index contributed by atoms with van der Waals surface area (Å²) in [4.78, 5) is 11.5. The summed E-state index contributed by atoms with van der Waals surface area (Å²) < 4.78 is 0. The molecule has 0 aliphatic carbocycles. The van der Waals surface area contributed by atoms with E-state index in [2.05, 4.69) is 11.8 Å². The first-order valence-electron chi connectivity index (χ1n) is 5.05. The van der Waals surface area contributed by atoms with Crippen LogP contribution in [0, 0.1) is 17.8 Å². The van der Waals surface area contributed by atoms with Gasteiger partial charge < -0.3 is 5.73 Å². The summed E-state index contributed by atoms with van der Waals surface area (Å²) in [5.41, 5.74) is 6.24. The third kappa shape index (κ3) is 3.97. The number of hydrogen-bond donors (Lipinski definition) is 1. The molecule has 0 fully saturated rings. The van der Waals surface area contributed by atoms with Gasteiger partial charge in [0, 0.05) is 11.5 Å². The van der Waals surface area contributed by atoms with E-state index in [-0.39, 0.29) is 11.7 Å². The van der Waals surface area contributed by atoms with Crippen molar-refractivity contribution in [3.63, 3.8) is 0 Å². The van der Waals surface area contributed by atoms with E-state index in [4.69, 9.17) is 5.73 Å². The lowest BCUT2D eigenvalue weighted by Crippen LogP contribution is -2.13. The van der Waals surface area contributed by atoms with Crippen molar-refractivity contribution in [3.05, 3.63) is 35.9 Å². The maximum Gasteiger partial charge on any atom is 0.208 e. The van der Waals surface area contributed by atoms with Gasteiger partial charge in [-0.05, 0) is 31.0 Å². The lowest BCUT2D eigenvalue weighted by atomic mass is 10.0. The molecule has 0 bridgehead atoms. The zero-order chi connectivity index (χ0) is 11.1. The summed E-state index contributed by atoms with van der Waals surface area (Å²) in [7, 11) is 0. The van der Waals surface area contributed by atoms with Crippen LogP contribution >= 0.6 is 0 Å². The minimum atomic E-state index is -0.0637. The third-order valence-electron chi connectivity index (χ3n) is 2.15. The predicted molar refractivity (Wildman–Crippen MR) is 61.2 cm³/mol. The summed E-state index contributed by atoms with van der Waals surface area (Å²) >= 11 is 0. The van der Waals surface area contributed by atoms with Crippen LogP contribution in [0.2, 0.25) is 0 Å².